The predicted octanol–water partition coefficient (Wildman–Crippen LogP) is 4.81. The van der Waals surface area contributed by atoms with Gasteiger partial charge in [-0.15, -0.1) is 0 Å². The van der Waals surface area contributed by atoms with Crippen molar-refractivity contribution in [2.75, 3.05) is 26.2 Å². The van der Waals surface area contributed by atoms with Crippen LogP contribution < -0.4 is 0 Å². The van der Waals surface area contributed by atoms with E-state index in [0.29, 0.717) is 23.2 Å². The van der Waals surface area contributed by atoms with Gasteiger partial charge < -0.3 is 4.90 Å². The molecule has 1 aliphatic carbocycles. The van der Waals surface area contributed by atoms with Gasteiger partial charge in [0.15, 0.2) is 0 Å². The first-order valence-electron chi connectivity index (χ1n) is 11.1. The van der Waals surface area contributed by atoms with Crippen molar-refractivity contribution in [2.45, 2.75) is 71.3 Å². The molecule has 3 nitrogen and oxygen atoms in total. The van der Waals surface area contributed by atoms with Crippen LogP contribution in [0.5, 0.6) is 0 Å². The second-order valence-electron chi connectivity index (χ2n) is 9.70. The van der Waals surface area contributed by atoms with Crippen LogP contribution in [0, 0.1) is 11.3 Å². The van der Waals surface area contributed by atoms with Gasteiger partial charge in [0.1, 0.15) is 0 Å². The van der Waals surface area contributed by atoms with Crippen LogP contribution in [0.25, 0.3) is 0 Å². The number of piperidine rings is 1. The minimum absolute atomic E-state index is 0.333. The zero-order valence-electron chi connectivity index (χ0n) is 17.3. The van der Waals surface area contributed by atoms with Crippen molar-refractivity contribution in [1.82, 2.24) is 9.80 Å². The minimum atomic E-state index is 0.333. The molecule has 0 radical (unpaired) electrons. The van der Waals surface area contributed by atoms with E-state index in [2.05, 4.69) is 47.9 Å². The monoisotopic (exact) mass is 368 g/mol. The van der Waals surface area contributed by atoms with E-state index >= 15 is 0 Å². The Kier molecular flexibility index (Phi) is 5.59. The second-order valence-corrected chi connectivity index (χ2v) is 9.70. The number of carbonyl (C=O) groups is 1. The summed E-state index contributed by atoms with van der Waals surface area (Å²) >= 11 is 0. The van der Waals surface area contributed by atoms with Gasteiger partial charge in [0.25, 0.3) is 0 Å². The summed E-state index contributed by atoms with van der Waals surface area (Å²) in [5.41, 5.74) is 3.20. The van der Waals surface area contributed by atoms with Crippen LogP contribution in [0.1, 0.15) is 75.8 Å². The molecule has 148 valence electrons. The Morgan fingerprint density at radius 3 is 2.48 bits per heavy atom. The number of rotatable bonds is 4. The first-order valence-corrected chi connectivity index (χ1v) is 11.1. The molecular formula is C24H36N2O. The Balaban J connectivity index is 1.35. The molecule has 1 unspecified atom stereocenters. The van der Waals surface area contributed by atoms with Gasteiger partial charge in [-0.3, -0.25) is 9.69 Å². The molecule has 1 atom stereocenters. The summed E-state index contributed by atoms with van der Waals surface area (Å²) in [5.74, 6) is 1.39. The highest BCUT2D eigenvalue weighted by Crippen LogP contribution is 2.40. The van der Waals surface area contributed by atoms with Crippen LogP contribution in [0.2, 0.25) is 0 Å². The highest BCUT2D eigenvalue weighted by molar-refractivity contribution is 5.79. The predicted molar refractivity (Wildman–Crippen MR) is 111 cm³/mol. The quantitative estimate of drug-likeness (QED) is 0.761. The smallest absolute Gasteiger partial charge is 0.225 e. The van der Waals surface area contributed by atoms with Crippen molar-refractivity contribution in [3.8, 4) is 0 Å². The van der Waals surface area contributed by atoms with E-state index in [1.807, 2.05) is 0 Å². The first kappa shape index (κ1) is 19.0. The van der Waals surface area contributed by atoms with Crippen LogP contribution in [-0.4, -0.2) is 41.9 Å². The van der Waals surface area contributed by atoms with E-state index in [9.17, 15) is 4.79 Å². The molecule has 27 heavy (non-hydrogen) atoms. The number of hydrogen-bond acceptors (Lipinski definition) is 2. The maximum Gasteiger partial charge on any atom is 0.225 e. The Morgan fingerprint density at radius 1 is 1.04 bits per heavy atom. The number of nitrogens with zero attached hydrogens (tertiary/aromatic N) is 2. The van der Waals surface area contributed by atoms with Gasteiger partial charge in [-0.1, -0.05) is 51.0 Å². The van der Waals surface area contributed by atoms with Gasteiger partial charge in [-0.2, -0.15) is 0 Å². The van der Waals surface area contributed by atoms with Crippen molar-refractivity contribution in [3.05, 3.63) is 35.4 Å². The fourth-order valence-corrected chi connectivity index (χ4v) is 5.60. The largest absolute Gasteiger partial charge is 0.342 e. The summed E-state index contributed by atoms with van der Waals surface area (Å²) < 4.78 is 0. The maximum absolute atomic E-state index is 12.8. The summed E-state index contributed by atoms with van der Waals surface area (Å²) in [5, 5.41) is 0. The molecule has 1 aromatic rings. The highest BCUT2D eigenvalue weighted by atomic mass is 16.2. The Bertz CT molecular complexity index is 647. The number of carbonyl (C=O) groups excluding carboxylic acids is 1. The average Bonchev–Trinajstić information content (AvgIpc) is 3.32. The standard InChI is InChI=1S/C24H36N2O/c1-19(2)21-10-8-20(9-11-21)16-25-14-5-12-24(17-25)13-15-26(18-24)23(27)22-6-3-4-7-22/h8-11,19,22H,3-7,12-18H2,1-2H3. The molecule has 0 aromatic heterocycles. The topological polar surface area (TPSA) is 23.6 Å². The molecular weight excluding hydrogens is 332 g/mol. The van der Waals surface area contributed by atoms with E-state index < -0.39 is 0 Å². The van der Waals surface area contributed by atoms with E-state index in [0.717, 1.165) is 39.0 Å². The first-order chi connectivity index (χ1) is 13.0. The summed E-state index contributed by atoms with van der Waals surface area (Å²) in [6.45, 7) is 9.91. The fraction of sp³-hybridized carbons (Fsp3) is 0.708. The Labute approximate surface area is 165 Å². The van der Waals surface area contributed by atoms with Crippen LogP contribution in [0.4, 0.5) is 0 Å². The average molecular weight is 369 g/mol. The highest BCUT2D eigenvalue weighted by Gasteiger charge is 2.43. The van der Waals surface area contributed by atoms with Gasteiger partial charge in [-0.05, 0) is 55.7 Å². The van der Waals surface area contributed by atoms with Gasteiger partial charge in [0.05, 0.1) is 0 Å². The van der Waals surface area contributed by atoms with Crippen molar-refractivity contribution in [2.24, 2.45) is 11.3 Å². The van der Waals surface area contributed by atoms with Gasteiger partial charge in [0.2, 0.25) is 5.91 Å². The summed E-state index contributed by atoms with van der Waals surface area (Å²) in [6, 6.07) is 9.19. The van der Waals surface area contributed by atoms with E-state index in [4.69, 9.17) is 0 Å². The zero-order chi connectivity index (χ0) is 18.9. The van der Waals surface area contributed by atoms with Crippen LogP contribution in [-0.2, 0) is 11.3 Å². The Morgan fingerprint density at radius 2 is 1.78 bits per heavy atom. The molecule has 3 fully saturated rings. The van der Waals surface area contributed by atoms with Crippen molar-refractivity contribution in [1.29, 1.82) is 0 Å². The van der Waals surface area contributed by atoms with Crippen LogP contribution >= 0.6 is 0 Å². The number of hydrogen-bond donors (Lipinski definition) is 0. The molecule has 0 N–H and O–H groups in total. The SMILES string of the molecule is CC(C)c1ccc(CN2CCCC3(CCN(C(=O)C4CCCC4)C3)C2)cc1. The van der Waals surface area contributed by atoms with Gasteiger partial charge >= 0.3 is 0 Å². The number of likely N-dealkylation sites (tertiary alicyclic amines) is 2. The second kappa shape index (κ2) is 7.95. The molecule has 2 aliphatic heterocycles. The molecule has 3 heteroatoms. The molecule has 2 heterocycles. The van der Waals surface area contributed by atoms with Crippen molar-refractivity contribution in [3.63, 3.8) is 0 Å². The fourth-order valence-electron chi connectivity index (χ4n) is 5.60. The van der Waals surface area contributed by atoms with Crippen molar-refractivity contribution < 1.29 is 4.79 Å². The lowest BCUT2D eigenvalue weighted by Crippen LogP contribution is -2.45. The molecule has 0 bridgehead atoms. The molecule has 4 rings (SSSR count). The van der Waals surface area contributed by atoms with Crippen LogP contribution in [0.15, 0.2) is 24.3 Å². The third-order valence-electron chi connectivity index (χ3n) is 7.25. The lowest BCUT2D eigenvalue weighted by Gasteiger charge is -2.40. The molecule has 1 aromatic carbocycles. The maximum atomic E-state index is 12.8. The zero-order valence-corrected chi connectivity index (χ0v) is 17.3. The number of benzene rings is 1. The summed E-state index contributed by atoms with van der Waals surface area (Å²) in [4.78, 5) is 17.7. The summed E-state index contributed by atoms with van der Waals surface area (Å²) in [6.07, 6.45) is 8.52. The van der Waals surface area contributed by atoms with E-state index in [1.54, 1.807) is 0 Å². The van der Waals surface area contributed by atoms with Gasteiger partial charge in [-0.25, -0.2) is 0 Å². The molecule has 1 amide bonds. The third kappa shape index (κ3) is 4.23. The molecule has 1 spiro atoms. The van der Waals surface area contributed by atoms with E-state index in [1.165, 1.54) is 49.8 Å². The third-order valence-corrected chi connectivity index (χ3v) is 7.25. The normalized spacial score (nSPS) is 27.1. The van der Waals surface area contributed by atoms with Crippen molar-refractivity contribution >= 4 is 5.91 Å². The minimum Gasteiger partial charge on any atom is -0.342 e. The van der Waals surface area contributed by atoms with Crippen LogP contribution in [0.3, 0.4) is 0 Å². The Hall–Kier alpha value is -1.35. The lowest BCUT2D eigenvalue weighted by atomic mass is 9.79. The summed E-state index contributed by atoms with van der Waals surface area (Å²) in [7, 11) is 0. The van der Waals surface area contributed by atoms with Gasteiger partial charge in [0, 0.05) is 37.5 Å². The number of amides is 1. The molecule has 3 aliphatic rings. The van der Waals surface area contributed by atoms with E-state index in [-0.39, 0.29) is 0 Å². The molecule has 2 saturated heterocycles. The molecule has 1 saturated carbocycles. The lowest BCUT2D eigenvalue weighted by molar-refractivity contribution is -0.134.